The van der Waals surface area contributed by atoms with Gasteiger partial charge in [0, 0.05) is 25.1 Å². The van der Waals surface area contributed by atoms with E-state index in [1.807, 2.05) is 30.3 Å². The normalized spacial score (nSPS) is 15.8. The molecule has 32 heavy (non-hydrogen) atoms. The van der Waals surface area contributed by atoms with Gasteiger partial charge in [0.1, 0.15) is 0 Å². The van der Waals surface area contributed by atoms with Gasteiger partial charge in [-0.1, -0.05) is 96.6 Å². The van der Waals surface area contributed by atoms with Crippen molar-refractivity contribution in [3.8, 4) is 0 Å². The molecule has 1 heterocycles. The van der Waals surface area contributed by atoms with Gasteiger partial charge in [0.25, 0.3) is 0 Å². The number of Topliss-reactive ketones (excluding diaryl/α,β-unsaturated/α-hetero) is 1. The summed E-state index contributed by atoms with van der Waals surface area (Å²) in [6.07, 6.45) is 8.23. The largest absolute Gasteiger partial charge is 0.303 e. The van der Waals surface area contributed by atoms with Crippen LogP contribution < -0.4 is 0 Å². The van der Waals surface area contributed by atoms with Crippen LogP contribution in [0.4, 0.5) is 0 Å². The number of carbonyl (C=O) groups excluding carboxylic acids is 1. The highest BCUT2D eigenvalue weighted by Crippen LogP contribution is 2.38. The fourth-order valence-corrected chi connectivity index (χ4v) is 4.97. The van der Waals surface area contributed by atoms with E-state index in [0.717, 1.165) is 44.5 Å². The Hall–Kier alpha value is -3.23. The molecule has 0 spiro atoms. The van der Waals surface area contributed by atoms with Crippen molar-refractivity contribution >= 4 is 23.5 Å². The molecular weight excluding hydrogens is 390 g/mol. The van der Waals surface area contributed by atoms with Gasteiger partial charge < -0.3 is 4.90 Å². The molecule has 3 aromatic rings. The van der Waals surface area contributed by atoms with E-state index in [1.54, 1.807) is 5.57 Å². The first kappa shape index (κ1) is 20.7. The quantitative estimate of drug-likeness (QED) is 0.334. The van der Waals surface area contributed by atoms with Gasteiger partial charge in [-0.2, -0.15) is 0 Å². The van der Waals surface area contributed by atoms with Crippen molar-refractivity contribution in [1.82, 2.24) is 4.90 Å². The van der Waals surface area contributed by atoms with E-state index in [-0.39, 0.29) is 5.78 Å². The molecule has 0 bridgehead atoms. The van der Waals surface area contributed by atoms with Gasteiger partial charge in [-0.3, -0.25) is 4.79 Å². The fourth-order valence-electron chi connectivity index (χ4n) is 4.97. The average Bonchev–Trinajstić information content (AvgIpc) is 3.02. The maximum Gasteiger partial charge on any atom is 0.162 e. The molecule has 2 aliphatic rings. The molecule has 0 aromatic heterocycles. The van der Waals surface area contributed by atoms with Crippen LogP contribution in [0, 0.1) is 0 Å². The highest BCUT2D eigenvalue weighted by Gasteiger charge is 2.22. The van der Waals surface area contributed by atoms with Crippen LogP contribution in [0.25, 0.3) is 17.7 Å². The van der Waals surface area contributed by atoms with Crippen LogP contribution in [0.3, 0.4) is 0 Å². The zero-order chi connectivity index (χ0) is 21.8. The maximum absolute atomic E-state index is 12.4. The van der Waals surface area contributed by atoms with E-state index in [4.69, 9.17) is 0 Å². The molecule has 1 fully saturated rings. The molecule has 2 nitrogen and oxygen atoms in total. The number of rotatable bonds is 5. The number of fused-ring (bicyclic) bond motifs is 2. The number of carbonyl (C=O) groups is 1. The minimum Gasteiger partial charge on any atom is -0.303 e. The monoisotopic (exact) mass is 419 g/mol. The number of likely N-dealkylation sites (tertiary alicyclic amines) is 1. The smallest absolute Gasteiger partial charge is 0.162 e. The SMILES string of the molecule is O=C(CCCN1CCC(=C2c3ccccc3C=Cc3ccccc32)CC1)c1ccccc1. The van der Waals surface area contributed by atoms with E-state index in [2.05, 4.69) is 65.6 Å². The van der Waals surface area contributed by atoms with Crippen LogP contribution in [-0.4, -0.2) is 30.3 Å². The van der Waals surface area contributed by atoms with Gasteiger partial charge >= 0.3 is 0 Å². The molecule has 0 unspecified atom stereocenters. The first-order chi connectivity index (χ1) is 15.8. The maximum atomic E-state index is 12.4. The fraction of sp³-hybridized carbons (Fsp3) is 0.233. The number of nitrogens with zero attached hydrogens (tertiary/aromatic N) is 1. The Kier molecular flexibility index (Phi) is 6.13. The highest BCUT2D eigenvalue weighted by molar-refractivity contribution is 5.96. The summed E-state index contributed by atoms with van der Waals surface area (Å²) in [7, 11) is 0. The van der Waals surface area contributed by atoms with Crippen LogP contribution in [0.15, 0.2) is 84.4 Å². The van der Waals surface area contributed by atoms with Gasteiger partial charge in [-0.25, -0.2) is 0 Å². The minimum absolute atomic E-state index is 0.254. The molecule has 1 aliphatic heterocycles. The highest BCUT2D eigenvalue weighted by atomic mass is 16.1. The van der Waals surface area contributed by atoms with Crippen LogP contribution in [0.1, 0.15) is 58.3 Å². The third-order valence-electron chi connectivity index (χ3n) is 6.69. The Balaban J connectivity index is 1.29. The second-order valence-electron chi connectivity index (χ2n) is 8.72. The summed E-state index contributed by atoms with van der Waals surface area (Å²) in [5, 5.41) is 0. The number of benzene rings is 3. The Bertz CT molecular complexity index is 1110. The average molecular weight is 420 g/mol. The van der Waals surface area contributed by atoms with Gasteiger partial charge in [-0.15, -0.1) is 0 Å². The van der Waals surface area contributed by atoms with Gasteiger partial charge in [0.05, 0.1) is 0 Å². The Morgan fingerprint density at radius 3 is 1.91 bits per heavy atom. The summed E-state index contributed by atoms with van der Waals surface area (Å²) in [6.45, 7) is 3.13. The van der Waals surface area contributed by atoms with Crippen LogP contribution in [0.5, 0.6) is 0 Å². The standard InChI is InChI=1S/C30H29NO/c32-29(25-11-2-1-3-12-25)15-8-20-31-21-18-26(19-22-31)30-27-13-6-4-9-23(27)16-17-24-10-5-7-14-28(24)30/h1-7,9-14,16-17H,8,15,18-22H2. The molecule has 0 saturated carbocycles. The van der Waals surface area contributed by atoms with Crippen molar-refractivity contribution in [2.45, 2.75) is 25.7 Å². The van der Waals surface area contributed by atoms with Crippen molar-refractivity contribution in [2.24, 2.45) is 0 Å². The second kappa shape index (κ2) is 9.50. The first-order valence-electron chi connectivity index (χ1n) is 11.7. The molecule has 0 N–H and O–H groups in total. The zero-order valence-corrected chi connectivity index (χ0v) is 18.5. The lowest BCUT2D eigenvalue weighted by Gasteiger charge is -2.30. The second-order valence-corrected chi connectivity index (χ2v) is 8.72. The Labute approximate surface area is 190 Å². The molecule has 0 amide bonds. The third kappa shape index (κ3) is 4.37. The lowest BCUT2D eigenvalue weighted by Crippen LogP contribution is -2.32. The lowest BCUT2D eigenvalue weighted by atomic mass is 9.86. The molecule has 1 aliphatic carbocycles. The molecule has 3 aromatic carbocycles. The Morgan fingerprint density at radius 2 is 1.28 bits per heavy atom. The predicted octanol–water partition coefficient (Wildman–Crippen LogP) is 6.73. The number of ketones is 1. The molecule has 0 radical (unpaired) electrons. The minimum atomic E-state index is 0.254. The van der Waals surface area contributed by atoms with E-state index in [9.17, 15) is 4.79 Å². The summed E-state index contributed by atoms with van der Waals surface area (Å²) in [6, 6.07) is 27.2. The lowest BCUT2D eigenvalue weighted by molar-refractivity contribution is 0.0974. The predicted molar refractivity (Wildman–Crippen MR) is 134 cm³/mol. The molecular formula is C30H29NO. The first-order valence-corrected chi connectivity index (χ1v) is 11.7. The number of piperidine rings is 1. The van der Waals surface area contributed by atoms with Crippen LogP contribution in [-0.2, 0) is 0 Å². The molecule has 160 valence electrons. The molecule has 2 heteroatoms. The van der Waals surface area contributed by atoms with E-state index in [0.29, 0.717) is 6.42 Å². The summed E-state index contributed by atoms with van der Waals surface area (Å²) in [5.41, 5.74) is 9.13. The van der Waals surface area contributed by atoms with Crippen LogP contribution >= 0.6 is 0 Å². The van der Waals surface area contributed by atoms with Gasteiger partial charge in [0.2, 0.25) is 0 Å². The van der Waals surface area contributed by atoms with E-state index < -0.39 is 0 Å². The molecule has 5 rings (SSSR count). The van der Waals surface area contributed by atoms with Crippen molar-refractivity contribution in [2.75, 3.05) is 19.6 Å². The van der Waals surface area contributed by atoms with Crippen LogP contribution in [0.2, 0.25) is 0 Å². The number of hydrogen-bond acceptors (Lipinski definition) is 2. The van der Waals surface area contributed by atoms with Gasteiger partial charge in [0.15, 0.2) is 5.78 Å². The topological polar surface area (TPSA) is 20.3 Å². The summed E-state index contributed by atoms with van der Waals surface area (Å²) >= 11 is 0. The van der Waals surface area contributed by atoms with E-state index >= 15 is 0 Å². The van der Waals surface area contributed by atoms with Gasteiger partial charge in [-0.05, 0) is 53.6 Å². The van der Waals surface area contributed by atoms with Crippen molar-refractivity contribution < 1.29 is 4.79 Å². The zero-order valence-electron chi connectivity index (χ0n) is 18.5. The van der Waals surface area contributed by atoms with Crippen molar-refractivity contribution in [3.63, 3.8) is 0 Å². The van der Waals surface area contributed by atoms with Crippen molar-refractivity contribution in [1.29, 1.82) is 0 Å². The molecule has 1 saturated heterocycles. The summed E-state index contributed by atoms with van der Waals surface area (Å²) in [4.78, 5) is 14.9. The summed E-state index contributed by atoms with van der Waals surface area (Å²) in [5.74, 6) is 0.254. The van der Waals surface area contributed by atoms with Crippen molar-refractivity contribution in [3.05, 3.63) is 112 Å². The number of hydrogen-bond donors (Lipinski definition) is 0. The third-order valence-corrected chi connectivity index (χ3v) is 6.69. The van der Waals surface area contributed by atoms with E-state index in [1.165, 1.54) is 27.8 Å². The Morgan fingerprint density at radius 1 is 0.719 bits per heavy atom. The summed E-state index contributed by atoms with van der Waals surface area (Å²) < 4.78 is 0. The molecule has 0 atom stereocenters.